The van der Waals surface area contributed by atoms with Gasteiger partial charge in [0.15, 0.2) is 12.4 Å². The summed E-state index contributed by atoms with van der Waals surface area (Å²) >= 11 is 7.80. The van der Waals surface area contributed by atoms with Crippen molar-refractivity contribution >= 4 is 101 Å². The van der Waals surface area contributed by atoms with E-state index in [1.54, 1.807) is 24.4 Å². The number of hydrogen-bond donors (Lipinski definition) is 1. The van der Waals surface area contributed by atoms with Crippen molar-refractivity contribution < 1.29 is 13.9 Å². The molecule has 2 heterocycles. The maximum Gasteiger partial charge on any atom is 0.282 e. The van der Waals surface area contributed by atoms with Gasteiger partial charge in [-0.05, 0) is 111 Å². The Hall–Kier alpha value is -3.56. The molecule has 0 radical (unpaired) electrons. The quantitative estimate of drug-likeness (QED) is 0.131. The lowest BCUT2D eigenvalue weighted by atomic mass is 10.2. The molecule has 0 aliphatic carbocycles. The number of hydrogen-bond acceptors (Lipinski definition) is 6. The Balaban J connectivity index is 1.31. The summed E-state index contributed by atoms with van der Waals surface area (Å²) in [6.07, 6.45) is 1.59. The van der Waals surface area contributed by atoms with E-state index in [9.17, 15) is 9.59 Å². The lowest BCUT2D eigenvalue weighted by molar-refractivity contribution is -0.118. The maximum atomic E-state index is 13.6. The summed E-state index contributed by atoms with van der Waals surface area (Å²) in [6, 6.07) is 27.6. The number of carbonyl (C=O) groups is 1. The SMILES string of the molecule is O=C(COc1c(I)cc(C=Nn2c(-c3cc4cc(Br)ccc4o3)nc3ccccc3c2=O)cc1I)Nc1ccccc1. The van der Waals surface area contributed by atoms with Crippen LogP contribution in [0.2, 0.25) is 0 Å². The van der Waals surface area contributed by atoms with Crippen LogP contribution in [0.15, 0.2) is 110 Å². The van der Waals surface area contributed by atoms with Gasteiger partial charge in [-0.25, -0.2) is 4.98 Å². The second-order valence-corrected chi connectivity index (χ2v) is 12.4. The molecule has 0 aliphatic rings. The average molecular weight is 845 g/mol. The number of nitrogens with one attached hydrogen (secondary N) is 1. The lowest BCUT2D eigenvalue weighted by Gasteiger charge is -2.12. The first-order chi connectivity index (χ1) is 20.4. The number of fused-ring (bicyclic) bond motifs is 2. The van der Waals surface area contributed by atoms with Crippen molar-refractivity contribution in [3.8, 4) is 17.3 Å². The number of para-hydroxylation sites is 2. The Morgan fingerprint density at radius 2 is 1.74 bits per heavy atom. The van der Waals surface area contributed by atoms with E-state index in [0.717, 1.165) is 22.6 Å². The zero-order valence-corrected chi connectivity index (χ0v) is 27.5. The first-order valence-corrected chi connectivity index (χ1v) is 15.5. The van der Waals surface area contributed by atoms with E-state index in [1.165, 1.54) is 4.68 Å². The van der Waals surface area contributed by atoms with Gasteiger partial charge in [-0.1, -0.05) is 46.3 Å². The minimum Gasteiger partial charge on any atom is -0.482 e. The molecule has 0 saturated carbocycles. The molecular weight excluding hydrogens is 826 g/mol. The molecule has 208 valence electrons. The van der Waals surface area contributed by atoms with Gasteiger partial charge in [0.1, 0.15) is 11.3 Å². The van der Waals surface area contributed by atoms with Crippen LogP contribution in [0.5, 0.6) is 5.75 Å². The number of amides is 1. The van der Waals surface area contributed by atoms with Crippen molar-refractivity contribution in [2.45, 2.75) is 0 Å². The standard InChI is InChI=1S/C31H19BrI2N4O4/c32-20-10-11-26-19(14-20)15-27(42-26)30-37-25-9-5-4-8-22(25)31(40)38(30)35-16-18-12-23(33)29(24(34)13-18)41-17-28(39)36-21-6-2-1-3-7-21/h1-16H,17H2,(H,36,39). The Labute approximate surface area is 275 Å². The molecule has 4 aromatic carbocycles. The zero-order chi connectivity index (χ0) is 29.2. The van der Waals surface area contributed by atoms with Crippen LogP contribution in [0.1, 0.15) is 5.56 Å². The third-order valence-electron chi connectivity index (χ3n) is 6.20. The van der Waals surface area contributed by atoms with E-state index in [1.807, 2.05) is 72.8 Å². The van der Waals surface area contributed by atoms with Crippen LogP contribution in [-0.2, 0) is 4.79 Å². The minimum absolute atomic E-state index is 0.135. The molecule has 8 nitrogen and oxygen atoms in total. The van der Waals surface area contributed by atoms with E-state index in [4.69, 9.17) is 14.1 Å². The second-order valence-electron chi connectivity index (χ2n) is 9.12. The van der Waals surface area contributed by atoms with Crippen LogP contribution in [0.3, 0.4) is 0 Å². The zero-order valence-electron chi connectivity index (χ0n) is 21.6. The Kier molecular flexibility index (Phi) is 8.40. The number of carbonyl (C=O) groups excluding carboxylic acids is 1. The van der Waals surface area contributed by atoms with Crippen LogP contribution in [-0.4, -0.2) is 28.4 Å². The molecule has 0 fully saturated rings. The summed E-state index contributed by atoms with van der Waals surface area (Å²) in [6.45, 7) is -0.135. The van der Waals surface area contributed by atoms with Gasteiger partial charge in [0, 0.05) is 15.5 Å². The Bertz CT molecular complexity index is 2040. The summed E-state index contributed by atoms with van der Waals surface area (Å²) in [5, 5.41) is 8.68. The van der Waals surface area contributed by atoms with Crippen LogP contribution in [0, 0.1) is 7.14 Å². The molecule has 1 N–H and O–H groups in total. The summed E-state index contributed by atoms with van der Waals surface area (Å²) < 4.78 is 15.7. The number of aromatic nitrogens is 2. The Morgan fingerprint density at radius 1 is 1.00 bits per heavy atom. The van der Waals surface area contributed by atoms with Gasteiger partial charge in [-0.3, -0.25) is 9.59 Å². The highest BCUT2D eigenvalue weighted by Crippen LogP contribution is 2.30. The van der Waals surface area contributed by atoms with E-state index in [2.05, 4.69) is 71.5 Å². The van der Waals surface area contributed by atoms with Crippen molar-refractivity contribution in [2.75, 3.05) is 11.9 Å². The molecule has 11 heteroatoms. The van der Waals surface area contributed by atoms with Gasteiger partial charge in [0.05, 0.1) is 24.3 Å². The van der Waals surface area contributed by atoms with Crippen LogP contribution in [0.4, 0.5) is 5.69 Å². The van der Waals surface area contributed by atoms with Gasteiger partial charge in [0.25, 0.3) is 11.5 Å². The monoisotopic (exact) mass is 844 g/mol. The molecular formula is C31H19BrI2N4O4. The van der Waals surface area contributed by atoms with Gasteiger partial charge < -0.3 is 14.5 Å². The van der Waals surface area contributed by atoms with Crippen molar-refractivity contribution in [1.82, 2.24) is 9.66 Å². The minimum atomic E-state index is -0.317. The van der Waals surface area contributed by atoms with E-state index in [0.29, 0.717) is 33.7 Å². The molecule has 0 unspecified atom stereocenters. The average Bonchev–Trinajstić information content (AvgIpc) is 3.40. The van der Waals surface area contributed by atoms with Crippen molar-refractivity contribution in [1.29, 1.82) is 0 Å². The fourth-order valence-electron chi connectivity index (χ4n) is 4.29. The third-order valence-corrected chi connectivity index (χ3v) is 8.30. The van der Waals surface area contributed by atoms with E-state index in [-0.39, 0.29) is 23.9 Å². The highest BCUT2D eigenvalue weighted by Gasteiger charge is 2.17. The van der Waals surface area contributed by atoms with Gasteiger partial charge in [-0.2, -0.15) is 9.78 Å². The number of ether oxygens (including phenoxy) is 1. The van der Waals surface area contributed by atoms with Crippen molar-refractivity contribution in [3.05, 3.63) is 119 Å². The molecule has 0 atom stereocenters. The maximum absolute atomic E-state index is 13.6. The summed E-state index contributed by atoms with van der Waals surface area (Å²) in [7, 11) is 0. The number of nitrogens with zero attached hydrogens (tertiary/aromatic N) is 3. The lowest BCUT2D eigenvalue weighted by Crippen LogP contribution is -2.21. The fourth-order valence-corrected chi connectivity index (χ4v) is 6.79. The largest absolute Gasteiger partial charge is 0.482 e. The van der Waals surface area contributed by atoms with Crippen LogP contribution >= 0.6 is 61.1 Å². The first kappa shape index (κ1) is 28.6. The third kappa shape index (κ3) is 6.13. The molecule has 6 aromatic rings. The molecule has 42 heavy (non-hydrogen) atoms. The second kappa shape index (κ2) is 12.4. The predicted octanol–water partition coefficient (Wildman–Crippen LogP) is 7.68. The highest BCUT2D eigenvalue weighted by molar-refractivity contribution is 14.1. The first-order valence-electron chi connectivity index (χ1n) is 12.6. The molecule has 0 saturated heterocycles. The molecule has 0 spiro atoms. The van der Waals surface area contributed by atoms with Gasteiger partial charge in [-0.15, -0.1) is 0 Å². The normalized spacial score (nSPS) is 11.4. The number of furan rings is 1. The van der Waals surface area contributed by atoms with Crippen LogP contribution in [0.25, 0.3) is 33.5 Å². The molecule has 1 amide bonds. The molecule has 0 bridgehead atoms. The predicted molar refractivity (Wildman–Crippen MR) is 184 cm³/mol. The van der Waals surface area contributed by atoms with Crippen molar-refractivity contribution in [2.24, 2.45) is 5.10 Å². The van der Waals surface area contributed by atoms with Crippen molar-refractivity contribution in [3.63, 3.8) is 0 Å². The highest BCUT2D eigenvalue weighted by atomic mass is 127. The smallest absolute Gasteiger partial charge is 0.282 e. The summed E-state index contributed by atoms with van der Waals surface area (Å²) in [4.78, 5) is 30.7. The van der Waals surface area contributed by atoms with E-state index < -0.39 is 0 Å². The van der Waals surface area contributed by atoms with Gasteiger partial charge >= 0.3 is 0 Å². The number of benzene rings is 4. The topological polar surface area (TPSA) is 98.7 Å². The fraction of sp³-hybridized carbons (Fsp3) is 0.0323. The summed E-state index contributed by atoms with van der Waals surface area (Å²) in [5.74, 6) is 1.04. The van der Waals surface area contributed by atoms with Crippen LogP contribution < -0.4 is 15.6 Å². The summed E-state index contributed by atoms with van der Waals surface area (Å²) in [5.41, 5.74) is 2.35. The molecule has 0 aliphatic heterocycles. The van der Waals surface area contributed by atoms with Gasteiger partial charge in [0.2, 0.25) is 5.82 Å². The molecule has 6 rings (SSSR count). The number of halogens is 3. The number of rotatable bonds is 7. The Morgan fingerprint density at radius 3 is 2.52 bits per heavy atom. The molecule has 2 aromatic heterocycles. The van der Waals surface area contributed by atoms with E-state index >= 15 is 0 Å². The number of anilines is 1.